The molecule has 18 nitrogen and oxygen atoms in total. The second kappa shape index (κ2) is 17.5. The highest BCUT2D eigenvalue weighted by Crippen LogP contribution is 2.76. The number of hydrogen-bond acceptors (Lipinski definition) is 18. The van der Waals surface area contributed by atoms with E-state index >= 15 is 0 Å². The number of esters is 1. The number of fused-ring (bicyclic) bond motifs is 7. The second-order valence-electron chi connectivity index (χ2n) is 23.0. The van der Waals surface area contributed by atoms with Crippen LogP contribution < -0.4 is 0 Å². The molecule has 65 heavy (non-hydrogen) atoms. The summed E-state index contributed by atoms with van der Waals surface area (Å²) >= 11 is 0. The number of aliphatic hydroxyl groups excluding tert-OH is 11. The van der Waals surface area contributed by atoms with E-state index in [9.17, 15) is 61.0 Å². The smallest absolute Gasteiger partial charge is 0.315 e. The van der Waals surface area contributed by atoms with Crippen LogP contribution in [0.25, 0.3) is 0 Å². The topological polar surface area (TPSA) is 295 Å². The van der Waals surface area contributed by atoms with Crippen LogP contribution in [0.5, 0.6) is 0 Å². The highest BCUT2D eigenvalue weighted by Gasteiger charge is 2.71. The summed E-state index contributed by atoms with van der Waals surface area (Å²) in [5.74, 6) is -0.858. The first-order chi connectivity index (χ1) is 30.3. The fraction of sp³-hybridized carbons (Fsp3) is 0.936. The molecule has 0 amide bonds. The maximum absolute atomic E-state index is 15.0. The summed E-state index contributed by atoms with van der Waals surface area (Å²) in [4.78, 5) is 15.0. The maximum atomic E-state index is 15.0. The molecular weight excluding hydrogens is 852 g/mol. The first-order valence-corrected chi connectivity index (χ1v) is 23.8. The number of aliphatic hydroxyl groups is 11. The fourth-order valence-corrected chi connectivity index (χ4v) is 14.6. The minimum absolute atomic E-state index is 0.121. The minimum Gasteiger partial charge on any atom is -0.432 e. The van der Waals surface area contributed by atoms with Gasteiger partial charge in [-0.2, -0.15) is 0 Å². The molecule has 0 radical (unpaired) electrons. The van der Waals surface area contributed by atoms with Crippen LogP contribution in [0.3, 0.4) is 0 Å². The van der Waals surface area contributed by atoms with Crippen molar-refractivity contribution in [3.05, 3.63) is 11.6 Å². The molecular formula is C47H76O18. The van der Waals surface area contributed by atoms with Crippen molar-refractivity contribution in [3.8, 4) is 0 Å². The second-order valence-corrected chi connectivity index (χ2v) is 23.0. The quantitative estimate of drug-likeness (QED) is 0.0850. The average molecular weight is 929 g/mol. The van der Waals surface area contributed by atoms with Crippen molar-refractivity contribution in [1.29, 1.82) is 0 Å². The minimum atomic E-state index is -1.86. The van der Waals surface area contributed by atoms with Crippen molar-refractivity contribution < 1.29 is 89.4 Å². The summed E-state index contributed by atoms with van der Waals surface area (Å²) in [5, 5.41) is 117. The lowest BCUT2D eigenvalue weighted by molar-refractivity contribution is -0.328. The third-order valence-corrected chi connectivity index (χ3v) is 19.1. The summed E-state index contributed by atoms with van der Waals surface area (Å²) in [6.07, 6.45) is -14.5. The van der Waals surface area contributed by atoms with E-state index in [0.29, 0.717) is 32.1 Å². The molecule has 0 aromatic heterocycles. The van der Waals surface area contributed by atoms with E-state index in [2.05, 4.69) is 40.7 Å². The molecule has 8 rings (SSSR count). The van der Waals surface area contributed by atoms with Gasteiger partial charge in [0.2, 0.25) is 6.29 Å². The lowest BCUT2D eigenvalue weighted by Crippen LogP contribution is -2.67. The largest absolute Gasteiger partial charge is 0.432 e. The molecule has 8 aliphatic rings. The zero-order chi connectivity index (χ0) is 47.6. The Morgan fingerprint density at radius 3 is 1.97 bits per heavy atom. The summed E-state index contributed by atoms with van der Waals surface area (Å²) in [5.41, 5.74) is -1.85. The fourth-order valence-electron chi connectivity index (χ4n) is 14.6. The van der Waals surface area contributed by atoms with Gasteiger partial charge in [-0.25, -0.2) is 0 Å². The molecule has 18 heteroatoms. The van der Waals surface area contributed by atoms with Crippen molar-refractivity contribution >= 4 is 5.97 Å². The standard InChI is InChI=1S/C47H76O18/c1-42(2)14-16-47(41(59)65-40-36(57)33(54)31(52)24(63-40)20-61-38-35(56)32(53)30(51)23(18-48)62-38)17-15-45(6)21(28(47)37(42)58)8-9-26-44(5)12-11-27(43(3,4)25(44)10-13-46(26,45)7)64-39-34(55)29(50)22(49)19-60-39/h8,22-40,48-58H,9-20H2,1-7H3/t22-,23-,24+,25+,26-,27+,28-,29+,30-,31+,32-,33-,34+,35+,36+,37+,38-,39+,40-,44-,45+,46+,47-/m1/s1. The van der Waals surface area contributed by atoms with Crippen LogP contribution in [0.15, 0.2) is 11.6 Å². The van der Waals surface area contributed by atoms with Gasteiger partial charge in [0.25, 0.3) is 0 Å². The third kappa shape index (κ3) is 7.71. The number of allylic oxidation sites excluding steroid dienone is 1. The summed E-state index contributed by atoms with van der Waals surface area (Å²) < 4.78 is 35.1. The van der Waals surface area contributed by atoms with E-state index in [4.69, 9.17) is 28.4 Å². The van der Waals surface area contributed by atoms with Crippen LogP contribution in [0.2, 0.25) is 0 Å². The van der Waals surface area contributed by atoms with Crippen molar-refractivity contribution in [1.82, 2.24) is 0 Å². The van der Waals surface area contributed by atoms with Crippen LogP contribution >= 0.6 is 0 Å². The van der Waals surface area contributed by atoms with Gasteiger partial charge in [-0.3, -0.25) is 4.79 Å². The Labute approximate surface area is 380 Å². The summed E-state index contributed by atoms with van der Waals surface area (Å²) in [7, 11) is 0. The molecule has 3 aliphatic heterocycles. The molecule has 23 atom stereocenters. The molecule has 11 N–H and O–H groups in total. The molecule has 372 valence electrons. The van der Waals surface area contributed by atoms with Gasteiger partial charge in [0.05, 0.1) is 37.4 Å². The van der Waals surface area contributed by atoms with Crippen LogP contribution in [0.1, 0.15) is 106 Å². The van der Waals surface area contributed by atoms with Gasteiger partial charge in [0, 0.05) is 5.92 Å². The number of carbonyl (C=O) groups excluding carboxylic acids is 1. The Hall–Kier alpha value is -1.43. The number of hydrogen-bond donors (Lipinski definition) is 11. The van der Waals surface area contributed by atoms with Crippen molar-refractivity contribution in [2.45, 2.75) is 204 Å². The van der Waals surface area contributed by atoms with Gasteiger partial charge in [0.1, 0.15) is 67.1 Å². The van der Waals surface area contributed by atoms with Gasteiger partial charge < -0.3 is 84.6 Å². The van der Waals surface area contributed by atoms with Gasteiger partial charge in [0.15, 0.2) is 12.6 Å². The molecule has 0 unspecified atom stereocenters. The summed E-state index contributed by atoms with van der Waals surface area (Å²) in [6.45, 7) is 14.1. The van der Waals surface area contributed by atoms with Gasteiger partial charge in [-0.15, -0.1) is 0 Å². The van der Waals surface area contributed by atoms with Crippen molar-refractivity contribution in [3.63, 3.8) is 0 Å². The van der Waals surface area contributed by atoms with E-state index in [0.717, 1.165) is 31.3 Å². The molecule has 5 aliphatic carbocycles. The van der Waals surface area contributed by atoms with Crippen LogP contribution in [-0.4, -0.2) is 180 Å². The molecule has 7 fully saturated rings. The molecule has 0 aromatic rings. The monoisotopic (exact) mass is 929 g/mol. The Kier molecular flexibility index (Phi) is 13.4. The third-order valence-electron chi connectivity index (χ3n) is 19.1. The van der Waals surface area contributed by atoms with Crippen LogP contribution in [0.4, 0.5) is 0 Å². The Morgan fingerprint density at radius 2 is 1.29 bits per heavy atom. The van der Waals surface area contributed by atoms with E-state index in [1.807, 2.05) is 13.8 Å². The molecule has 0 spiro atoms. The first-order valence-electron chi connectivity index (χ1n) is 23.8. The zero-order valence-electron chi connectivity index (χ0n) is 38.8. The maximum Gasteiger partial charge on any atom is 0.315 e. The average Bonchev–Trinajstić information content (AvgIpc) is 3.25. The van der Waals surface area contributed by atoms with E-state index < -0.39 is 133 Å². The Balaban J connectivity index is 1.03. The van der Waals surface area contributed by atoms with Gasteiger partial charge >= 0.3 is 5.97 Å². The highest BCUT2D eigenvalue weighted by atomic mass is 16.7. The molecule has 4 saturated carbocycles. The highest BCUT2D eigenvalue weighted by molar-refractivity contribution is 5.79. The van der Waals surface area contributed by atoms with Crippen LogP contribution in [-0.2, 0) is 33.2 Å². The van der Waals surface area contributed by atoms with Crippen molar-refractivity contribution in [2.75, 3.05) is 19.8 Å². The van der Waals surface area contributed by atoms with Gasteiger partial charge in [-0.05, 0) is 96.7 Å². The SMILES string of the molecule is CC1(C)CC[C@@]2(C(=O)O[C@H]3O[C@@H](CO[C@@H]4O[C@H](CO)[C@@H](O)[C@@H](O)[C@@H]4O)[C@H](O)[C@@H](O)[C@@H]3O)CC[C@@]3(C)C(=CC[C@@H]4[C@]5(C)CC[C@H](O[C@@H]6OC[C@@H](O)[C@H](O)[C@@H]6O)C(C)(C)[C@@H]5CC[C@@]43C)[C@@H]2[C@@H]1O. The molecule has 3 heterocycles. The molecule has 0 bridgehead atoms. The number of carbonyl (C=O) groups is 1. The summed E-state index contributed by atoms with van der Waals surface area (Å²) in [6, 6.07) is 0. The van der Waals surface area contributed by atoms with Gasteiger partial charge in [-0.1, -0.05) is 60.1 Å². The lowest BCUT2D eigenvalue weighted by Gasteiger charge is -2.71. The van der Waals surface area contributed by atoms with Crippen LogP contribution in [0, 0.1) is 50.2 Å². The first kappa shape index (κ1) is 50.0. The van der Waals surface area contributed by atoms with E-state index in [1.54, 1.807) is 0 Å². The number of rotatable bonds is 8. The van der Waals surface area contributed by atoms with Crippen molar-refractivity contribution in [2.24, 2.45) is 50.2 Å². The van der Waals surface area contributed by atoms with E-state index in [1.165, 1.54) is 0 Å². The molecule has 3 saturated heterocycles. The lowest BCUT2D eigenvalue weighted by atomic mass is 9.33. The zero-order valence-corrected chi connectivity index (χ0v) is 38.8. The Bertz CT molecular complexity index is 1780. The predicted molar refractivity (Wildman–Crippen MR) is 226 cm³/mol. The number of ether oxygens (including phenoxy) is 6. The normalized spacial score (nSPS) is 53.9. The van der Waals surface area contributed by atoms with E-state index in [-0.39, 0.29) is 40.8 Å². The predicted octanol–water partition coefficient (Wildman–Crippen LogP) is -0.250. The Morgan fingerprint density at radius 1 is 0.677 bits per heavy atom. The molecule has 0 aromatic carbocycles.